The fourth-order valence-electron chi connectivity index (χ4n) is 4.11. The molecule has 8 heteroatoms. The van der Waals surface area contributed by atoms with Crippen LogP contribution in [0.15, 0.2) is 54.9 Å². The number of nitrogens with zero attached hydrogens (tertiary/aromatic N) is 3. The van der Waals surface area contributed by atoms with Crippen LogP contribution in [0, 0.1) is 5.82 Å². The van der Waals surface area contributed by atoms with E-state index in [1.807, 2.05) is 30.3 Å². The molecule has 0 fully saturated rings. The Labute approximate surface area is 177 Å². The van der Waals surface area contributed by atoms with Gasteiger partial charge in [0.15, 0.2) is 5.82 Å². The Kier molecular flexibility index (Phi) is 4.74. The first kappa shape index (κ1) is 19.0. The van der Waals surface area contributed by atoms with Crippen molar-refractivity contribution in [3.63, 3.8) is 0 Å². The van der Waals surface area contributed by atoms with Crippen LogP contribution in [0.3, 0.4) is 0 Å². The van der Waals surface area contributed by atoms with Gasteiger partial charge in [-0.15, -0.1) is 0 Å². The maximum Gasteiger partial charge on any atom is 0.411 e. The molecular weight excluding hydrogens is 397 g/mol. The van der Waals surface area contributed by atoms with E-state index in [1.165, 1.54) is 12.4 Å². The number of nitrogens with one attached hydrogen (secondary N) is 1. The number of benzene rings is 2. The maximum atomic E-state index is 15.1. The van der Waals surface area contributed by atoms with Crippen molar-refractivity contribution in [2.75, 3.05) is 11.1 Å². The Morgan fingerprint density at radius 2 is 2.00 bits per heavy atom. The lowest BCUT2D eigenvalue weighted by atomic mass is 10.2. The Bertz CT molecular complexity index is 1290. The minimum absolute atomic E-state index is 0.133. The molecule has 5 rings (SSSR count). The molecule has 156 valence electrons. The molecule has 7 nitrogen and oxygen atoms in total. The molecule has 1 aliphatic rings. The number of aryl methyl sites for hydroxylation is 1. The molecule has 0 atom stereocenters. The lowest BCUT2D eigenvalue weighted by Crippen LogP contribution is -2.14. The van der Waals surface area contributed by atoms with Crippen LogP contribution >= 0.6 is 0 Å². The van der Waals surface area contributed by atoms with Crippen molar-refractivity contribution in [1.29, 1.82) is 0 Å². The summed E-state index contributed by atoms with van der Waals surface area (Å²) in [6.45, 7) is 0.133. The third-order valence-electron chi connectivity index (χ3n) is 5.47. The predicted octanol–water partition coefficient (Wildman–Crippen LogP) is 4.38. The van der Waals surface area contributed by atoms with Crippen LogP contribution in [0.5, 0.6) is 0 Å². The number of nitrogens with two attached hydrogens (primary N) is 1. The summed E-state index contributed by atoms with van der Waals surface area (Å²) < 4.78 is 22.2. The van der Waals surface area contributed by atoms with Gasteiger partial charge in [0.05, 0.1) is 11.2 Å². The van der Waals surface area contributed by atoms with Crippen molar-refractivity contribution in [2.24, 2.45) is 0 Å². The minimum atomic E-state index is -0.652. The van der Waals surface area contributed by atoms with E-state index < -0.39 is 11.9 Å². The van der Waals surface area contributed by atoms with E-state index in [1.54, 1.807) is 16.7 Å². The van der Waals surface area contributed by atoms with Gasteiger partial charge in [-0.05, 0) is 48.6 Å². The summed E-state index contributed by atoms with van der Waals surface area (Å²) in [5.41, 5.74) is 11.1. The number of amides is 1. The zero-order valence-electron chi connectivity index (χ0n) is 16.6. The number of carbonyl (C=O) groups is 1. The molecule has 1 amide bonds. The number of nitrogen functional groups attached to an aromatic ring is 1. The quantitative estimate of drug-likeness (QED) is 0.514. The third kappa shape index (κ3) is 3.46. The molecular formula is C23H20FN5O2. The number of fused-ring (bicyclic) bond motifs is 3. The number of hydrogen-bond donors (Lipinski definition) is 2. The molecule has 0 aliphatic heterocycles. The van der Waals surface area contributed by atoms with Crippen LogP contribution in [-0.4, -0.2) is 20.6 Å². The van der Waals surface area contributed by atoms with Crippen LogP contribution in [-0.2, 0) is 24.2 Å². The Balaban J connectivity index is 1.41. The third-order valence-corrected chi connectivity index (χ3v) is 5.47. The molecule has 2 heterocycles. The van der Waals surface area contributed by atoms with Gasteiger partial charge in [0.2, 0.25) is 0 Å². The van der Waals surface area contributed by atoms with Crippen LogP contribution in [0.25, 0.3) is 16.7 Å². The van der Waals surface area contributed by atoms with Gasteiger partial charge in [0.25, 0.3) is 0 Å². The molecule has 1 aliphatic carbocycles. The number of rotatable bonds is 4. The number of aromatic nitrogens is 3. The topological polar surface area (TPSA) is 95.1 Å². The van der Waals surface area contributed by atoms with Crippen LogP contribution in [0.4, 0.5) is 20.7 Å². The van der Waals surface area contributed by atoms with Crippen LogP contribution in [0.2, 0.25) is 0 Å². The van der Waals surface area contributed by atoms with E-state index in [0.29, 0.717) is 22.7 Å². The highest BCUT2D eigenvalue weighted by Gasteiger charge is 2.26. The average Bonchev–Trinajstić information content (AvgIpc) is 3.36. The number of carbonyl (C=O) groups excluding carboxylic acids is 1. The highest BCUT2D eigenvalue weighted by Crippen LogP contribution is 2.37. The number of ether oxygens (including phenoxy) is 1. The summed E-state index contributed by atoms with van der Waals surface area (Å²) in [7, 11) is 0. The molecule has 4 aromatic rings. The minimum Gasteiger partial charge on any atom is -0.444 e. The van der Waals surface area contributed by atoms with Gasteiger partial charge in [-0.2, -0.15) is 0 Å². The monoisotopic (exact) mass is 417 g/mol. The first-order valence-corrected chi connectivity index (χ1v) is 10.0. The second-order valence-electron chi connectivity index (χ2n) is 7.42. The number of hydrogen-bond acceptors (Lipinski definition) is 5. The van der Waals surface area contributed by atoms with Gasteiger partial charge in [0.1, 0.15) is 24.3 Å². The molecule has 31 heavy (non-hydrogen) atoms. The highest BCUT2D eigenvalue weighted by molar-refractivity contribution is 5.91. The second kappa shape index (κ2) is 7.71. The lowest BCUT2D eigenvalue weighted by molar-refractivity contribution is 0.155. The summed E-state index contributed by atoms with van der Waals surface area (Å²) in [5, 5.41) is 2.57. The Hall–Kier alpha value is -3.94. The summed E-state index contributed by atoms with van der Waals surface area (Å²) in [5.74, 6) is -0.179. The van der Waals surface area contributed by atoms with Gasteiger partial charge in [-0.1, -0.05) is 30.3 Å². The molecule has 0 saturated heterocycles. The van der Waals surface area contributed by atoms with Crippen molar-refractivity contribution < 1.29 is 13.9 Å². The molecule has 0 bridgehead atoms. The van der Waals surface area contributed by atoms with Gasteiger partial charge >= 0.3 is 6.09 Å². The molecule has 0 radical (unpaired) electrons. The van der Waals surface area contributed by atoms with Crippen LogP contribution in [0.1, 0.15) is 23.2 Å². The summed E-state index contributed by atoms with van der Waals surface area (Å²) in [6.07, 6.45) is 3.46. The van der Waals surface area contributed by atoms with Crippen molar-refractivity contribution in [3.8, 4) is 5.69 Å². The van der Waals surface area contributed by atoms with E-state index in [9.17, 15) is 4.79 Å². The van der Waals surface area contributed by atoms with Crippen LogP contribution < -0.4 is 11.1 Å². The van der Waals surface area contributed by atoms with Crippen molar-refractivity contribution in [1.82, 2.24) is 14.5 Å². The van der Waals surface area contributed by atoms with Gasteiger partial charge in [-0.3, -0.25) is 5.32 Å². The van der Waals surface area contributed by atoms with Crippen molar-refractivity contribution in [2.45, 2.75) is 25.9 Å². The molecule has 0 spiro atoms. The largest absolute Gasteiger partial charge is 0.444 e. The van der Waals surface area contributed by atoms with E-state index in [2.05, 4.69) is 15.3 Å². The van der Waals surface area contributed by atoms with Gasteiger partial charge < -0.3 is 15.0 Å². The fourth-order valence-corrected chi connectivity index (χ4v) is 4.11. The molecule has 0 unspecified atom stereocenters. The highest BCUT2D eigenvalue weighted by atomic mass is 19.1. The molecule has 0 saturated carbocycles. The van der Waals surface area contributed by atoms with E-state index in [0.717, 1.165) is 41.6 Å². The van der Waals surface area contributed by atoms with E-state index in [-0.39, 0.29) is 6.61 Å². The fraction of sp³-hybridized carbons (Fsp3) is 0.174. The predicted molar refractivity (Wildman–Crippen MR) is 116 cm³/mol. The number of halogens is 1. The SMILES string of the molecule is Nc1ncnc2c3c(n(-c4ccc(NC(=O)OCc5ccccc5)cc4F)c12)CCC3. The summed E-state index contributed by atoms with van der Waals surface area (Å²) in [6, 6.07) is 13.9. The normalized spacial score (nSPS) is 12.7. The Morgan fingerprint density at radius 1 is 1.16 bits per heavy atom. The van der Waals surface area contributed by atoms with Crippen molar-refractivity contribution in [3.05, 3.63) is 77.5 Å². The van der Waals surface area contributed by atoms with Gasteiger partial charge in [-0.25, -0.2) is 19.2 Å². The van der Waals surface area contributed by atoms with E-state index in [4.69, 9.17) is 10.5 Å². The second-order valence-corrected chi connectivity index (χ2v) is 7.42. The maximum absolute atomic E-state index is 15.1. The first-order valence-electron chi connectivity index (χ1n) is 10.0. The number of anilines is 2. The Morgan fingerprint density at radius 3 is 2.81 bits per heavy atom. The first-order chi connectivity index (χ1) is 15.1. The van der Waals surface area contributed by atoms with Crippen molar-refractivity contribution >= 4 is 28.6 Å². The summed E-state index contributed by atoms with van der Waals surface area (Å²) in [4.78, 5) is 20.6. The zero-order valence-corrected chi connectivity index (χ0v) is 16.6. The standard InChI is InChI=1S/C23H20FN5O2/c24-17-11-15(28-23(30)31-12-14-5-2-1-3-6-14)9-10-19(17)29-18-8-4-7-16(18)20-21(29)22(25)27-13-26-20/h1-3,5-6,9-11,13H,4,7-8,12H2,(H,28,30)(H2,25,26,27). The lowest BCUT2D eigenvalue weighted by Gasteiger charge is -2.13. The molecule has 2 aromatic carbocycles. The average molecular weight is 417 g/mol. The smallest absolute Gasteiger partial charge is 0.411 e. The van der Waals surface area contributed by atoms with Gasteiger partial charge in [0, 0.05) is 11.4 Å². The molecule has 3 N–H and O–H groups in total. The summed E-state index contributed by atoms with van der Waals surface area (Å²) >= 11 is 0. The van der Waals surface area contributed by atoms with E-state index >= 15 is 4.39 Å². The zero-order chi connectivity index (χ0) is 21.4. The molecule has 2 aromatic heterocycles.